The van der Waals surface area contributed by atoms with Gasteiger partial charge in [0.2, 0.25) is 6.54 Å². The summed E-state index contributed by atoms with van der Waals surface area (Å²) < 4.78 is 28.7. The minimum absolute atomic E-state index is 0. The van der Waals surface area contributed by atoms with Crippen molar-refractivity contribution >= 4 is 18.5 Å². The molecular formula is C15H27NO5PSY-. The Morgan fingerprint density at radius 3 is 2.50 bits per heavy atom. The molecule has 0 aromatic rings. The summed E-state index contributed by atoms with van der Waals surface area (Å²) in [6, 6.07) is 0. The van der Waals surface area contributed by atoms with Gasteiger partial charge in [-0.1, -0.05) is 13.0 Å². The van der Waals surface area contributed by atoms with Crippen LogP contribution in [0, 0.1) is 13.0 Å². The summed E-state index contributed by atoms with van der Waals surface area (Å²) in [6.07, 6.45) is 1.29. The Morgan fingerprint density at radius 2 is 1.96 bits per heavy atom. The monoisotopic (exact) mass is 453 g/mol. The summed E-state index contributed by atoms with van der Waals surface area (Å²) in [4.78, 5) is 3.26. The molecule has 0 aliphatic carbocycles. The van der Waals surface area contributed by atoms with Gasteiger partial charge in [-0.2, -0.15) is 0 Å². The molecule has 137 valence electrons. The maximum absolute atomic E-state index is 6.83. The number of rotatable bonds is 10. The Bertz CT molecular complexity index is 446. The standard InChI is InChI=1S/C15H27NO5PS.Y/c1-11(2)17-10-15-14(9-13(5)19-15)21-22(23,20-12(3)4)18-8-7-16-6;/h9,11-15H,7-8,10H2,1-5H3;/q-1;/t13-,14?,15+,22?;/m0./s1. The summed E-state index contributed by atoms with van der Waals surface area (Å²) in [5, 5.41) is 0. The van der Waals surface area contributed by atoms with E-state index in [2.05, 4.69) is 4.85 Å². The summed E-state index contributed by atoms with van der Waals surface area (Å²) in [6.45, 7) is 14.4. The van der Waals surface area contributed by atoms with Gasteiger partial charge in [0.15, 0.2) is 0 Å². The molecule has 4 atom stereocenters. The molecule has 1 radical (unpaired) electrons. The van der Waals surface area contributed by atoms with Crippen molar-refractivity contribution in [3.8, 4) is 0 Å². The van der Waals surface area contributed by atoms with Crippen molar-refractivity contribution in [2.75, 3.05) is 19.8 Å². The average Bonchev–Trinajstić information content (AvgIpc) is 2.75. The summed E-state index contributed by atoms with van der Waals surface area (Å²) in [5.74, 6) is 0. The fraction of sp³-hybridized carbons (Fsp3) is 0.867. The molecule has 2 unspecified atom stereocenters. The molecule has 1 saturated heterocycles. The maximum Gasteiger partial charge on any atom is 0.325 e. The van der Waals surface area contributed by atoms with E-state index in [1.807, 2.05) is 41.0 Å². The SMILES string of the molecule is [C-]#[N+]CCOP(=S)(OC(C)C)OC1[CH-][C@H](C)O[C@@H]1COC(C)C.[Y]. The number of ether oxygens (including phenoxy) is 2. The molecule has 6 nitrogen and oxygen atoms in total. The van der Waals surface area contributed by atoms with Crippen molar-refractivity contribution in [2.24, 2.45) is 0 Å². The molecule has 0 aromatic carbocycles. The third-order valence-corrected chi connectivity index (χ3v) is 5.37. The molecule has 0 amide bonds. The zero-order valence-corrected chi connectivity index (χ0v) is 19.6. The molecule has 1 rings (SSSR count). The van der Waals surface area contributed by atoms with Gasteiger partial charge in [0.05, 0.1) is 24.9 Å². The van der Waals surface area contributed by atoms with E-state index in [4.69, 9.17) is 41.4 Å². The van der Waals surface area contributed by atoms with Gasteiger partial charge >= 0.3 is 6.72 Å². The van der Waals surface area contributed by atoms with Gasteiger partial charge in [-0.05, 0) is 45.6 Å². The third kappa shape index (κ3) is 9.66. The molecule has 24 heavy (non-hydrogen) atoms. The molecule has 9 heteroatoms. The van der Waals surface area contributed by atoms with Crippen molar-refractivity contribution in [3.63, 3.8) is 0 Å². The van der Waals surface area contributed by atoms with Crippen LogP contribution in [-0.2, 0) is 67.6 Å². The first-order valence-corrected chi connectivity index (χ1v) is 10.4. The van der Waals surface area contributed by atoms with Crippen LogP contribution in [0.2, 0.25) is 0 Å². The second-order valence-corrected chi connectivity index (χ2v) is 8.76. The van der Waals surface area contributed by atoms with Crippen molar-refractivity contribution in [2.45, 2.75) is 65.1 Å². The predicted octanol–water partition coefficient (Wildman–Crippen LogP) is 3.37. The Kier molecular flexibility index (Phi) is 13.0. The fourth-order valence-corrected chi connectivity index (χ4v) is 4.54. The van der Waals surface area contributed by atoms with Crippen LogP contribution in [-0.4, -0.2) is 50.3 Å². The fourth-order valence-electron chi connectivity index (χ4n) is 2.01. The van der Waals surface area contributed by atoms with Gasteiger partial charge < -0.3 is 27.9 Å². The molecule has 0 bridgehead atoms. The van der Waals surface area contributed by atoms with E-state index in [1.54, 1.807) is 0 Å². The first kappa shape index (κ1) is 25.0. The predicted molar refractivity (Wildman–Crippen MR) is 92.5 cm³/mol. The van der Waals surface area contributed by atoms with Crippen LogP contribution in [0.5, 0.6) is 0 Å². The van der Waals surface area contributed by atoms with Crippen LogP contribution in [0.4, 0.5) is 0 Å². The summed E-state index contributed by atoms with van der Waals surface area (Å²) in [5.41, 5.74) is 0. The molecule has 0 N–H and O–H groups in total. The van der Waals surface area contributed by atoms with Crippen LogP contribution < -0.4 is 0 Å². The van der Waals surface area contributed by atoms with Crippen molar-refractivity contribution in [3.05, 3.63) is 17.8 Å². The van der Waals surface area contributed by atoms with E-state index in [1.165, 1.54) is 0 Å². The van der Waals surface area contributed by atoms with Crippen LogP contribution >= 0.6 is 6.72 Å². The van der Waals surface area contributed by atoms with E-state index >= 15 is 0 Å². The first-order chi connectivity index (χ1) is 10.8. The molecular weight excluding hydrogens is 426 g/mol. The maximum atomic E-state index is 6.83. The van der Waals surface area contributed by atoms with E-state index in [0.29, 0.717) is 6.61 Å². The topological polar surface area (TPSA) is 50.5 Å². The van der Waals surface area contributed by atoms with Crippen molar-refractivity contribution in [1.29, 1.82) is 0 Å². The molecule has 1 heterocycles. The van der Waals surface area contributed by atoms with Crippen molar-refractivity contribution in [1.82, 2.24) is 0 Å². The largest absolute Gasteiger partial charge is 0.405 e. The number of nitrogens with zero attached hydrogens (tertiary/aromatic N) is 1. The second kappa shape index (κ2) is 12.4. The zero-order chi connectivity index (χ0) is 17.5. The Labute approximate surface area is 176 Å². The number of hydrogen-bond acceptors (Lipinski definition) is 6. The minimum atomic E-state index is -2.94. The molecule has 1 aliphatic rings. The van der Waals surface area contributed by atoms with Crippen LogP contribution in [0.15, 0.2) is 0 Å². The minimum Gasteiger partial charge on any atom is -0.405 e. The van der Waals surface area contributed by atoms with Gasteiger partial charge in [-0.15, -0.1) is 0 Å². The summed E-state index contributed by atoms with van der Waals surface area (Å²) in [7, 11) is 0. The van der Waals surface area contributed by atoms with E-state index in [-0.39, 0.29) is 76.4 Å². The number of hydrogen-bond donors (Lipinski definition) is 0. The van der Waals surface area contributed by atoms with E-state index in [0.717, 1.165) is 0 Å². The van der Waals surface area contributed by atoms with Gasteiger partial charge in [0.25, 0.3) is 0 Å². The van der Waals surface area contributed by atoms with Gasteiger partial charge in [-0.25, -0.2) is 6.57 Å². The summed E-state index contributed by atoms with van der Waals surface area (Å²) >= 11 is 5.48. The Balaban J connectivity index is 0.00000529. The van der Waals surface area contributed by atoms with Gasteiger partial charge in [-0.3, -0.25) is 6.42 Å². The molecule has 1 fully saturated rings. The average molecular weight is 453 g/mol. The quantitative estimate of drug-likeness (QED) is 0.287. The van der Waals surface area contributed by atoms with E-state index < -0.39 is 6.72 Å². The molecule has 0 saturated carbocycles. The Hall–Kier alpha value is 1.04. The van der Waals surface area contributed by atoms with Gasteiger partial charge in [0.1, 0.15) is 6.61 Å². The van der Waals surface area contributed by atoms with Crippen LogP contribution in [0.25, 0.3) is 4.85 Å². The van der Waals surface area contributed by atoms with Crippen LogP contribution in [0.1, 0.15) is 34.6 Å². The molecule has 0 aromatic heterocycles. The van der Waals surface area contributed by atoms with Gasteiger partial charge in [0, 0.05) is 32.7 Å². The normalized spacial score (nSPS) is 26.2. The zero-order valence-electron chi connectivity index (χ0n) is 15.0. The smallest absolute Gasteiger partial charge is 0.325 e. The molecule has 0 spiro atoms. The second-order valence-electron chi connectivity index (χ2n) is 5.84. The third-order valence-electron chi connectivity index (χ3n) is 2.85. The first-order valence-electron chi connectivity index (χ1n) is 7.82. The Morgan fingerprint density at radius 1 is 1.29 bits per heavy atom. The van der Waals surface area contributed by atoms with Crippen molar-refractivity contribution < 1.29 is 55.8 Å². The van der Waals surface area contributed by atoms with E-state index in [9.17, 15) is 0 Å². The van der Waals surface area contributed by atoms with Crippen LogP contribution in [0.3, 0.4) is 0 Å². The molecule has 1 aliphatic heterocycles.